The van der Waals surface area contributed by atoms with Gasteiger partial charge in [-0.05, 0) is 12.0 Å². The lowest BCUT2D eigenvalue weighted by atomic mass is 10.0. The van der Waals surface area contributed by atoms with Gasteiger partial charge >= 0.3 is 0 Å². The van der Waals surface area contributed by atoms with E-state index in [-0.39, 0.29) is 11.3 Å². The summed E-state index contributed by atoms with van der Waals surface area (Å²) >= 11 is 0. The zero-order valence-corrected chi connectivity index (χ0v) is 6.87. The molecule has 0 aromatic heterocycles. The van der Waals surface area contributed by atoms with Crippen molar-refractivity contribution < 1.29 is 14.7 Å². The van der Waals surface area contributed by atoms with Gasteiger partial charge in [0, 0.05) is 17.5 Å². The maximum absolute atomic E-state index is 11.2. The first kappa shape index (κ1) is 7.98. The third-order valence-corrected chi connectivity index (χ3v) is 2.30. The highest BCUT2D eigenvalue weighted by molar-refractivity contribution is 6.03. The summed E-state index contributed by atoms with van der Waals surface area (Å²) in [5.74, 6) is -1.18. The lowest BCUT2D eigenvalue weighted by Crippen LogP contribution is -2.23. The van der Waals surface area contributed by atoms with Crippen LogP contribution in [0.25, 0.3) is 0 Å². The van der Waals surface area contributed by atoms with Gasteiger partial charge in [0.1, 0.15) is 0 Å². The largest absolute Gasteiger partial charge is 0.545 e. The first-order chi connectivity index (χ1) is 6.20. The Morgan fingerprint density at radius 2 is 2.08 bits per heavy atom. The molecule has 0 N–H and O–H groups in total. The molecule has 0 amide bonds. The van der Waals surface area contributed by atoms with Gasteiger partial charge in [0.15, 0.2) is 5.78 Å². The van der Waals surface area contributed by atoms with Gasteiger partial charge in [0.25, 0.3) is 0 Å². The average Bonchev–Trinajstić information content (AvgIpc) is 2.48. The number of carboxylic acids is 1. The number of carboxylic acid groups (broad SMARTS) is 1. The van der Waals surface area contributed by atoms with E-state index in [1.165, 1.54) is 6.07 Å². The van der Waals surface area contributed by atoms with Crippen molar-refractivity contribution >= 4 is 11.8 Å². The highest BCUT2D eigenvalue weighted by atomic mass is 16.4. The molecular weight excluding hydrogens is 168 g/mol. The zero-order valence-electron chi connectivity index (χ0n) is 6.87. The van der Waals surface area contributed by atoms with Crippen LogP contribution in [0.1, 0.15) is 32.7 Å². The number of rotatable bonds is 1. The minimum absolute atomic E-state index is 0.0260. The van der Waals surface area contributed by atoms with E-state index in [1.54, 1.807) is 12.1 Å². The molecule has 0 heterocycles. The second kappa shape index (κ2) is 2.69. The number of benzene rings is 1. The number of ketones is 1. The van der Waals surface area contributed by atoms with Crippen LogP contribution in [0.15, 0.2) is 18.2 Å². The van der Waals surface area contributed by atoms with Crippen molar-refractivity contribution in [1.29, 1.82) is 0 Å². The molecule has 3 nitrogen and oxygen atoms in total. The minimum atomic E-state index is -1.20. The van der Waals surface area contributed by atoms with Crippen molar-refractivity contribution in [2.75, 3.05) is 0 Å². The Hall–Kier alpha value is -1.64. The number of aromatic carboxylic acids is 1. The maximum atomic E-state index is 11.2. The van der Waals surface area contributed by atoms with Gasteiger partial charge in [-0.3, -0.25) is 4.79 Å². The predicted molar refractivity (Wildman–Crippen MR) is 43.4 cm³/mol. The minimum Gasteiger partial charge on any atom is -0.545 e. The van der Waals surface area contributed by atoms with Crippen LogP contribution in [0.2, 0.25) is 0 Å². The summed E-state index contributed by atoms with van der Waals surface area (Å²) in [6.07, 6.45) is 0.942. The molecule has 0 saturated heterocycles. The van der Waals surface area contributed by atoms with Gasteiger partial charge in [-0.25, -0.2) is 0 Å². The SMILES string of the molecule is O=C([O-])c1cccc2c1CCC2=O. The van der Waals surface area contributed by atoms with Gasteiger partial charge < -0.3 is 9.90 Å². The molecule has 2 rings (SSSR count). The molecule has 1 aliphatic carbocycles. The smallest absolute Gasteiger partial charge is 0.163 e. The quantitative estimate of drug-likeness (QED) is 0.611. The van der Waals surface area contributed by atoms with E-state index in [4.69, 9.17) is 0 Å². The lowest BCUT2D eigenvalue weighted by Gasteiger charge is -2.07. The summed E-state index contributed by atoms with van der Waals surface area (Å²) in [5, 5.41) is 10.6. The van der Waals surface area contributed by atoms with Crippen LogP contribution in [0.4, 0.5) is 0 Å². The molecule has 1 aliphatic rings. The molecule has 0 spiro atoms. The Kier molecular flexibility index (Phi) is 1.65. The van der Waals surface area contributed by atoms with Crippen LogP contribution in [0.3, 0.4) is 0 Å². The number of carbonyl (C=O) groups is 2. The van der Waals surface area contributed by atoms with E-state index in [9.17, 15) is 14.7 Å². The highest BCUT2D eigenvalue weighted by Gasteiger charge is 2.21. The molecule has 66 valence electrons. The van der Waals surface area contributed by atoms with Crippen LogP contribution in [-0.2, 0) is 6.42 Å². The predicted octanol–water partition coefficient (Wildman–Crippen LogP) is 0.179. The van der Waals surface area contributed by atoms with Gasteiger partial charge in [0.2, 0.25) is 0 Å². The average molecular weight is 175 g/mol. The van der Waals surface area contributed by atoms with E-state index in [0.29, 0.717) is 24.0 Å². The molecule has 13 heavy (non-hydrogen) atoms. The first-order valence-corrected chi connectivity index (χ1v) is 4.06. The van der Waals surface area contributed by atoms with Crippen molar-refractivity contribution in [2.24, 2.45) is 0 Å². The Labute approximate surface area is 75.0 Å². The molecule has 0 radical (unpaired) electrons. The molecule has 0 aliphatic heterocycles. The van der Waals surface area contributed by atoms with Gasteiger partial charge in [-0.2, -0.15) is 0 Å². The van der Waals surface area contributed by atoms with Crippen LogP contribution in [0, 0.1) is 0 Å². The van der Waals surface area contributed by atoms with E-state index >= 15 is 0 Å². The molecule has 0 bridgehead atoms. The van der Waals surface area contributed by atoms with Gasteiger partial charge in [0.05, 0.1) is 5.97 Å². The van der Waals surface area contributed by atoms with Crippen molar-refractivity contribution in [2.45, 2.75) is 12.8 Å². The van der Waals surface area contributed by atoms with E-state index in [0.717, 1.165) is 0 Å². The number of Topliss-reactive ketones (excluding diaryl/α,β-unsaturated/α-hetero) is 1. The summed E-state index contributed by atoms with van der Waals surface area (Å²) in [6.45, 7) is 0. The van der Waals surface area contributed by atoms with Crippen molar-refractivity contribution in [1.82, 2.24) is 0 Å². The summed E-state index contributed by atoms with van der Waals surface area (Å²) in [5.41, 5.74) is 1.33. The molecule has 0 atom stereocenters. The Morgan fingerprint density at radius 1 is 1.31 bits per heavy atom. The summed E-state index contributed by atoms with van der Waals surface area (Å²) in [7, 11) is 0. The Balaban J connectivity index is 2.63. The summed E-state index contributed by atoms with van der Waals surface area (Å²) < 4.78 is 0. The second-order valence-corrected chi connectivity index (χ2v) is 3.04. The van der Waals surface area contributed by atoms with Crippen molar-refractivity contribution in [3.63, 3.8) is 0 Å². The lowest BCUT2D eigenvalue weighted by molar-refractivity contribution is -0.255. The van der Waals surface area contributed by atoms with Gasteiger partial charge in [-0.15, -0.1) is 0 Å². The van der Waals surface area contributed by atoms with Crippen molar-refractivity contribution in [3.05, 3.63) is 34.9 Å². The normalized spacial score (nSPS) is 14.3. The summed E-state index contributed by atoms with van der Waals surface area (Å²) in [6, 6.07) is 4.72. The third kappa shape index (κ3) is 1.13. The van der Waals surface area contributed by atoms with Crippen LogP contribution < -0.4 is 5.11 Å². The Bertz CT molecular complexity index is 393. The molecule has 1 aromatic carbocycles. The second-order valence-electron chi connectivity index (χ2n) is 3.04. The third-order valence-electron chi connectivity index (χ3n) is 2.30. The topological polar surface area (TPSA) is 57.2 Å². The fourth-order valence-electron chi connectivity index (χ4n) is 1.68. The van der Waals surface area contributed by atoms with Crippen LogP contribution >= 0.6 is 0 Å². The fraction of sp³-hybridized carbons (Fsp3) is 0.200. The molecular formula is C10H7O3-. The monoisotopic (exact) mass is 175 g/mol. The standard InChI is InChI=1S/C10H8O3/c11-9-5-4-6-7(9)2-1-3-8(6)10(12)13/h1-3H,4-5H2,(H,12,13)/p-1. The fourth-order valence-corrected chi connectivity index (χ4v) is 1.68. The zero-order chi connectivity index (χ0) is 9.42. The van der Waals surface area contributed by atoms with Crippen LogP contribution in [-0.4, -0.2) is 11.8 Å². The molecule has 0 unspecified atom stereocenters. The number of hydrogen-bond donors (Lipinski definition) is 0. The molecule has 0 saturated carbocycles. The van der Waals surface area contributed by atoms with E-state index < -0.39 is 5.97 Å². The van der Waals surface area contributed by atoms with E-state index in [2.05, 4.69) is 0 Å². The van der Waals surface area contributed by atoms with Crippen molar-refractivity contribution in [3.8, 4) is 0 Å². The van der Waals surface area contributed by atoms with E-state index in [1.807, 2.05) is 0 Å². The van der Waals surface area contributed by atoms with Crippen LogP contribution in [0.5, 0.6) is 0 Å². The highest BCUT2D eigenvalue weighted by Crippen LogP contribution is 2.24. The number of hydrogen-bond acceptors (Lipinski definition) is 3. The molecule has 3 heteroatoms. The van der Waals surface area contributed by atoms with Gasteiger partial charge in [-0.1, -0.05) is 18.2 Å². The molecule has 0 fully saturated rings. The number of fused-ring (bicyclic) bond motifs is 1. The maximum Gasteiger partial charge on any atom is 0.163 e. The summed E-state index contributed by atoms with van der Waals surface area (Å²) in [4.78, 5) is 21.9. The molecule has 1 aromatic rings. The Morgan fingerprint density at radius 3 is 2.77 bits per heavy atom. The first-order valence-electron chi connectivity index (χ1n) is 4.06. The number of carbonyl (C=O) groups excluding carboxylic acids is 2.